The van der Waals surface area contributed by atoms with Gasteiger partial charge in [0.05, 0.1) is 38.2 Å². The van der Waals surface area contributed by atoms with Crippen molar-refractivity contribution < 1.29 is 9.47 Å². The van der Waals surface area contributed by atoms with Crippen LogP contribution in [0.25, 0.3) is 0 Å². The van der Waals surface area contributed by atoms with Gasteiger partial charge in [-0.25, -0.2) is 4.98 Å². The largest absolute Gasteiger partial charge is 0.376 e. The van der Waals surface area contributed by atoms with Crippen LogP contribution in [0.2, 0.25) is 0 Å². The first-order chi connectivity index (χ1) is 8.34. The van der Waals surface area contributed by atoms with E-state index in [0.29, 0.717) is 13.2 Å². The van der Waals surface area contributed by atoms with Crippen molar-refractivity contribution in [1.29, 1.82) is 0 Å². The lowest BCUT2D eigenvalue weighted by Crippen LogP contribution is -2.34. The van der Waals surface area contributed by atoms with Crippen LogP contribution in [-0.2, 0) is 29.0 Å². The van der Waals surface area contributed by atoms with E-state index in [1.807, 2.05) is 0 Å². The summed E-state index contributed by atoms with van der Waals surface area (Å²) in [6, 6.07) is 0. The van der Waals surface area contributed by atoms with Crippen LogP contribution in [0.4, 0.5) is 0 Å². The minimum Gasteiger partial charge on any atom is -0.376 e. The molecule has 1 atom stereocenters. The fourth-order valence-electron chi connectivity index (χ4n) is 2.59. The molecule has 2 aliphatic heterocycles. The molecule has 2 aliphatic rings. The van der Waals surface area contributed by atoms with Crippen molar-refractivity contribution in [2.24, 2.45) is 0 Å². The highest BCUT2D eigenvalue weighted by Gasteiger charge is 2.21. The number of imidazole rings is 1. The Hall–Kier alpha value is -0.910. The summed E-state index contributed by atoms with van der Waals surface area (Å²) in [6.45, 7) is 7.01. The molecule has 0 aliphatic carbocycles. The molecular weight excluding hydrogens is 218 g/mol. The van der Waals surface area contributed by atoms with E-state index in [1.54, 1.807) is 0 Å². The molecule has 1 saturated heterocycles. The molecule has 94 valence electrons. The summed E-state index contributed by atoms with van der Waals surface area (Å²) in [4.78, 5) is 4.62. The number of nitrogens with zero attached hydrogens (tertiary/aromatic N) is 2. The molecule has 5 heteroatoms. The van der Waals surface area contributed by atoms with Crippen LogP contribution in [0.15, 0.2) is 0 Å². The molecule has 3 heterocycles. The summed E-state index contributed by atoms with van der Waals surface area (Å²) >= 11 is 0. The molecule has 1 aromatic heterocycles. The quantitative estimate of drug-likeness (QED) is 0.801. The van der Waals surface area contributed by atoms with Crippen LogP contribution in [0.1, 0.15) is 17.2 Å². The number of ether oxygens (including phenoxy) is 2. The van der Waals surface area contributed by atoms with Crippen LogP contribution in [-0.4, -0.2) is 42.0 Å². The third kappa shape index (κ3) is 2.22. The number of aromatic nitrogens is 2. The zero-order valence-corrected chi connectivity index (χ0v) is 10.2. The van der Waals surface area contributed by atoms with E-state index in [-0.39, 0.29) is 6.10 Å². The van der Waals surface area contributed by atoms with Crippen molar-refractivity contribution in [3.05, 3.63) is 17.2 Å². The second-order valence-corrected chi connectivity index (χ2v) is 4.66. The summed E-state index contributed by atoms with van der Waals surface area (Å²) in [6.07, 6.45) is 1.24. The zero-order valence-electron chi connectivity index (χ0n) is 10.2. The SMILES string of the molecule is Cc1nc2c(n1CC1COCCO1)CCNC2. The lowest BCUT2D eigenvalue weighted by Gasteiger charge is -2.25. The Morgan fingerprint density at radius 1 is 1.47 bits per heavy atom. The highest BCUT2D eigenvalue weighted by molar-refractivity contribution is 5.20. The average molecular weight is 237 g/mol. The van der Waals surface area contributed by atoms with Crippen molar-refractivity contribution in [2.45, 2.75) is 32.5 Å². The van der Waals surface area contributed by atoms with E-state index in [0.717, 1.165) is 38.5 Å². The van der Waals surface area contributed by atoms with Crippen LogP contribution >= 0.6 is 0 Å². The molecule has 0 amide bonds. The van der Waals surface area contributed by atoms with E-state index >= 15 is 0 Å². The lowest BCUT2D eigenvalue weighted by atomic mass is 10.2. The maximum Gasteiger partial charge on any atom is 0.106 e. The summed E-state index contributed by atoms with van der Waals surface area (Å²) in [5.74, 6) is 1.09. The molecule has 0 spiro atoms. The third-order valence-corrected chi connectivity index (χ3v) is 3.45. The predicted molar refractivity (Wildman–Crippen MR) is 62.9 cm³/mol. The lowest BCUT2D eigenvalue weighted by molar-refractivity contribution is -0.0939. The van der Waals surface area contributed by atoms with Gasteiger partial charge in [0.25, 0.3) is 0 Å². The molecule has 1 unspecified atom stereocenters. The molecule has 0 saturated carbocycles. The van der Waals surface area contributed by atoms with E-state index in [2.05, 4.69) is 21.8 Å². The first kappa shape index (κ1) is 11.2. The highest BCUT2D eigenvalue weighted by atomic mass is 16.6. The summed E-state index contributed by atoms with van der Waals surface area (Å²) in [5, 5.41) is 3.35. The highest BCUT2D eigenvalue weighted by Crippen LogP contribution is 2.17. The standard InChI is InChI=1S/C12H19N3O2/c1-9-14-11-6-13-3-2-12(11)15(9)7-10-8-16-4-5-17-10/h10,13H,2-8H2,1H3. The normalized spacial score (nSPS) is 24.6. The Morgan fingerprint density at radius 3 is 3.24 bits per heavy atom. The number of rotatable bonds is 2. The topological polar surface area (TPSA) is 48.3 Å². The second-order valence-electron chi connectivity index (χ2n) is 4.66. The van der Waals surface area contributed by atoms with Crippen molar-refractivity contribution in [2.75, 3.05) is 26.4 Å². The average Bonchev–Trinajstić information content (AvgIpc) is 2.68. The molecule has 3 rings (SSSR count). The molecule has 0 radical (unpaired) electrons. The maximum absolute atomic E-state index is 5.71. The second kappa shape index (κ2) is 4.76. The van der Waals surface area contributed by atoms with Gasteiger partial charge in [0.1, 0.15) is 5.82 Å². The van der Waals surface area contributed by atoms with Gasteiger partial charge in [0.15, 0.2) is 0 Å². The fraction of sp³-hybridized carbons (Fsp3) is 0.750. The molecular formula is C12H19N3O2. The molecule has 0 aromatic carbocycles. The zero-order chi connectivity index (χ0) is 11.7. The Morgan fingerprint density at radius 2 is 2.41 bits per heavy atom. The molecule has 1 aromatic rings. The van der Waals surface area contributed by atoms with Crippen LogP contribution in [0.3, 0.4) is 0 Å². The first-order valence-electron chi connectivity index (χ1n) is 6.29. The van der Waals surface area contributed by atoms with Gasteiger partial charge in [-0.15, -0.1) is 0 Å². The van der Waals surface area contributed by atoms with Gasteiger partial charge in [0.2, 0.25) is 0 Å². The molecule has 0 bridgehead atoms. The Labute approximate surface area is 101 Å². The molecule has 1 N–H and O–H groups in total. The van der Waals surface area contributed by atoms with Crippen molar-refractivity contribution >= 4 is 0 Å². The maximum atomic E-state index is 5.71. The minimum atomic E-state index is 0.177. The van der Waals surface area contributed by atoms with E-state index in [4.69, 9.17) is 9.47 Å². The molecule has 17 heavy (non-hydrogen) atoms. The van der Waals surface area contributed by atoms with Gasteiger partial charge in [0, 0.05) is 25.2 Å². The van der Waals surface area contributed by atoms with E-state index < -0.39 is 0 Å². The number of aryl methyl sites for hydroxylation is 1. The predicted octanol–water partition coefficient (Wildman–Crippen LogP) is 0.253. The van der Waals surface area contributed by atoms with Gasteiger partial charge >= 0.3 is 0 Å². The Balaban J connectivity index is 1.79. The van der Waals surface area contributed by atoms with Crippen LogP contribution in [0.5, 0.6) is 0 Å². The van der Waals surface area contributed by atoms with Gasteiger partial charge in [-0.2, -0.15) is 0 Å². The fourth-order valence-corrected chi connectivity index (χ4v) is 2.59. The summed E-state index contributed by atoms with van der Waals surface area (Å²) < 4.78 is 13.5. The van der Waals surface area contributed by atoms with Crippen molar-refractivity contribution in [3.63, 3.8) is 0 Å². The Bertz CT molecular complexity index is 397. The van der Waals surface area contributed by atoms with Gasteiger partial charge in [-0.05, 0) is 6.92 Å². The number of hydrogen-bond donors (Lipinski definition) is 1. The molecule has 5 nitrogen and oxygen atoms in total. The van der Waals surface area contributed by atoms with Gasteiger partial charge in [-0.1, -0.05) is 0 Å². The smallest absolute Gasteiger partial charge is 0.106 e. The molecule has 1 fully saturated rings. The van der Waals surface area contributed by atoms with Crippen LogP contribution in [0, 0.1) is 6.92 Å². The van der Waals surface area contributed by atoms with E-state index in [1.165, 1.54) is 11.4 Å². The first-order valence-corrected chi connectivity index (χ1v) is 6.29. The number of fused-ring (bicyclic) bond motifs is 1. The summed E-state index contributed by atoms with van der Waals surface area (Å²) in [7, 11) is 0. The van der Waals surface area contributed by atoms with Gasteiger partial charge < -0.3 is 19.4 Å². The van der Waals surface area contributed by atoms with Crippen molar-refractivity contribution in [3.8, 4) is 0 Å². The Kier molecular flexibility index (Phi) is 3.13. The summed E-state index contributed by atoms with van der Waals surface area (Å²) in [5.41, 5.74) is 2.57. The van der Waals surface area contributed by atoms with Gasteiger partial charge in [-0.3, -0.25) is 0 Å². The van der Waals surface area contributed by atoms with Crippen LogP contribution < -0.4 is 5.32 Å². The van der Waals surface area contributed by atoms with Crippen molar-refractivity contribution in [1.82, 2.24) is 14.9 Å². The monoisotopic (exact) mass is 237 g/mol. The minimum absolute atomic E-state index is 0.177. The van der Waals surface area contributed by atoms with E-state index in [9.17, 15) is 0 Å². The third-order valence-electron chi connectivity index (χ3n) is 3.45. The number of hydrogen-bond acceptors (Lipinski definition) is 4. The number of nitrogens with one attached hydrogen (secondary N) is 1.